The monoisotopic (exact) mass is 238 g/mol. The van der Waals surface area contributed by atoms with Crippen molar-refractivity contribution in [3.63, 3.8) is 0 Å². The van der Waals surface area contributed by atoms with Crippen molar-refractivity contribution in [3.05, 3.63) is 29.9 Å². The summed E-state index contributed by atoms with van der Waals surface area (Å²) in [4.78, 5) is 2.20. The Morgan fingerprint density at radius 3 is 2.94 bits per heavy atom. The van der Waals surface area contributed by atoms with Gasteiger partial charge in [0.2, 0.25) is 0 Å². The summed E-state index contributed by atoms with van der Waals surface area (Å²) >= 11 is 1.23. The molecule has 0 aromatic carbocycles. The maximum Gasteiger partial charge on any atom is 0.132 e. The summed E-state index contributed by atoms with van der Waals surface area (Å²) in [5.41, 5.74) is 6.61. The van der Waals surface area contributed by atoms with Crippen LogP contribution in [0.15, 0.2) is 22.8 Å². The SMILES string of the molecule is CCN(Cc1ccco1)Cc1nnsc1N. The molecule has 0 fully saturated rings. The van der Waals surface area contributed by atoms with Crippen molar-refractivity contribution in [1.29, 1.82) is 0 Å². The van der Waals surface area contributed by atoms with Crippen LogP contribution in [-0.4, -0.2) is 21.0 Å². The van der Waals surface area contributed by atoms with Gasteiger partial charge >= 0.3 is 0 Å². The van der Waals surface area contributed by atoms with Crippen LogP contribution in [0.1, 0.15) is 18.4 Å². The van der Waals surface area contributed by atoms with Crippen LogP contribution in [0.2, 0.25) is 0 Å². The number of nitrogens with two attached hydrogens (primary N) is 1. The van der Waals surface area contributed by atoms with Gasteiger partial charge in [-0.05, 0) is 18.7 Å². The van der Waals surface area contributed by atoms with Crippen LogP contribution in [0.5, 0.6) is 0 Å². The first kappa shape index (κ1) is 11.1. The predicted octanol–water partition coefficient (Wildman–Crippen LogP) is 1.74. The Morgan fingerprint density at radius 1 is 1.50 bits per heavy atom. The maximum atomic E-state index is 5.76. The van der Waals surface area contributed by atoms with Gasteiger partial charge in [-0.3, -0.25) is 4.90 Å². The van der Waals surface area contributed by atoms with Crippen molar-refractivity contribution >= 4 is 16.5 Å². The highest BCUT2D eigenvalue weighted by atomic mass is 32.1. The van der Waals surface area contributed by atoms with E-state index in [1.807, 2.05) is 12.1 Å². The van der Waals surface area contributed by atoms with Gasteiger partial charge < -0.3 is 10.2 Å². The molecule has 2 aromatic heterocycles. The molecule has 86 valence electrons. The highest BCUT2D eigenvalue weighted by molar-refractivity contribution is 7.09. The molecule has 0 bridgehead atoms. The number of nitrogens with zero attached hydrogens (tertiary/aromatic N) is 3. The summed E-state index contributed by atoms with van der Waals surface area (Å²) in [6, 6.07) is 3.85. The molecule has 2 rings (SSSR count). The quantitative estimate of drug-likeness (QED) is 0.859. The number of hydrogen-bond acceptors (Lipinski definition) is 6. The van der Waals surface area contributed by atoms with Gasteiger partial charge in [-0.15, -0.1) is 5.10 Å². The molecule has 0 saturated heterocycles. The van der Waals surface area contributed by atoms with E-state index in [0.29, 0.717) is 11.5 Å². The smallest absolute Gasteiger partial charge is 0.132 e. The molecule has 0 aliphatic rings. The van der Waals surface area contributed by atoms with Crippen molar-refractivity contribution in [1.82, 2.24) is 14.5 Å². The fraction of sp³-hybridized carbons (Fsp3) is 0.400. The van der Waals surface area contributed by atoms with Crippen LogP contribution in [0, 0.1) is 0 Å². The van der Waals surface area contributed by atoms with Gasteiger partial charge in [-0.25, -0.2) is 0 Å². The van der Waals surface area contributed by atoms with E-state index < -0.39 is 0 Å². The standard InChI is InChI=1S/C10H14N4OS/c1-2-14(6-8-4-3-5-15-8)7-9-10(11)16-13-12-9/h3-5H,2,6-7,11H2,1H3. The Kier molecular flexibility index (Phi) is 3.53. The zero-order valence-corrected chi connectivity index (χ0v) is 9.91. The molecule has 0 radical (unpaired) electrons. The van der Waals surface area contributed by atoms with Gasteiger partial charge in [-0.2, -0.15) is 0 Å². The lowest BCUT2D eigenvalue weighted by molar-refractivity contribution is 0.245. The highest BCUT2D eigenvalue weighted by Gasteiger charge is 2.11. The van der Waals surface area contributed by atoms with Crippen LogP contribution >= 0.6 is 11.5 Å². The molecule has 0 saturated carbocycles. The maximum absolute atomic E-state index is 5.76. The van der Waals surface area contributed by atoms with Gasteiger partial charge in [0.15, 0.2) is 0 Å². The average molecular weight is 238 g/mol. The van der Waals surface area contributed by atoms with E-state index >= 15 is 0 Å². The van der Waals surface area contributed by atoms with Gasteiger partial charge in [0, 0.05) is 18.1 Å². The Hall–Kier alpha value is -1.40. The van der Waals surface area contributed by atoms with E-state index in [2.05, 4.69) is 21.4 Å². The molecule has 16 heavy (non-hydrogen) atoms. The first-order chi connectivity index (χ1) is 7.79. The van der Waals surface area contributed by atoms with E-state index in [0.717, 1.165) is 24.5 Å². The van der Waals surface area contributed by atoms with E-state index in [9.17, 15) is 0 Å². The lowest BCUT2D eigenvalue weighted by Gasteiger charge is -2.17. The number of furan rings is 1. The van der Waals surface area contributed by atoms with E-state index in [-0.39, 0.29) is 0 Å². The minimum Gasteiger partial charge on any atom is -0.468 e. The van der Waals surface area contributed by atoms with Crippen LogP contribution in [0.4, 0.5) is 5.00 Å². The number of anilines is 1. The molecule has 6 heteroatoms. The number of nitrogen functional groups attached to an aromatic ring is 1. The van der Waals surface area contributed by atoms with Crippen LogP contribution in [-0.2, 0) is 13.1 Å². The van der Waals surface area contributed by atoms with Crippen LogP contribution < -0.4 is 5.73 Å². The molecule has 2 aromatic rings. The molecule has 0 spiro atoms. The zero-order chi connectivity index (χ0) is 11.4. The Balaban J connectivity index is 1.98. The Labute approximate surface area is 98.0 Å². The second kappa shape index (κ2) is 5.09. The molecular weight excluding hydrogens is 224 g/mol. The van der Waals surface area contributed by atoms with Crippen molar-refractivity contribution in [2.24, 2.45) is 0 Å². The van der Waals surface area contributed by atoms with E-state index in [1.165, 1.54) is 11.5 Å². The van der Waals surface area contributed by atoms with E-state index in [1.54, 1.807) is 6.26 Å². The summed E-state index contributed by atoms with van der Waals surface area (Å²) in [7, 11) is 0. The molecule has 0 atom stereocenters. The highest BCUT2D eigenvalue weighted by Crippen LogP contribution is 2.16. The average Bonchev–Trinajstić information content (AvgIpc) is 2.90. The molecular formula is C10H14N4OS. The van der Waals surface area contributed by atoms with Gasteiger partial charge in [0.25, 0.3) is 0 Å². The summed E-state index contributed by atoms with van der Waals surface area (Å²) in [6.07, 6.45) is 1.68. The molecule has 2 N–H and O–H groups in total. The van der Waals surface area contributed by atoms with Crippen LogP contribution in [0.3, 0.4) is 0 Å². The molecule has 5 nitrogen and oxygen atoms in total. The number of aromatic nitrogens is 2. The summed E-state index contributed by atoms with van der Waals surface area (Å²) in [5, 5.41) is 4.70. The lowest BCUT2D eigenvalue weighted by Crippen LogP contribution is -2.22. The van der Waals surface area contributed by atoms with Gasteiger partial charge in [0.1, 0.15) is 16.5 Å². The van der Waals surface area contributed by atoms with Crippen molar-refractivity contribution in [2.45, 2.75) is 20.0 Å². The summed E-state index contributed by atoms with van der Waals surface area (Å²) in [5.74, 6) is 0.948. The second-order valence-electron chi connectivity index (χ2n) is 3.47. The third-order valence-corrected chi connectivity index (χ3v) is 2.96. The third kappa shape index (κ3) is 2.59. The minimum absolute atomic E-state index is 0.692. The number of rotatable bonds is 5. The minimum atomic E-state index is 0.692. The van der Waals surface area contributed by atoms with Crippen molar-refractivity contribution in [2.75, 3.05) is 12.3 Å². The van der Waals surface area contributed by atoms with Crippen molar-refractivity contribution < 1.29 is 4.42 Å². The molecule has 0 unspecified atom stereocenters. The summed E-state index contributed by atoms with van der Waals surface area (Å²) in [6.45, 7) is 4.48. The fourth-order valence-electron chi connectivity index (χ4n) is 1.44. The topological polar surface area (TPSA) is 68.2 Å². The van der Waals surface area contributed by atoms with E-state index in [4.69, 9.17) is 10.2 Å². The van der Waals surface area contributed by atoms with Crippen LogP contribution in [0.25, 0.3) is 0 Å². The summed E-state index contributed by atoms with van der Waals surface area (Å²) < 4.78 is 9.13. The second-order valence-corrected chi connectivity index (χ2v) is 4.25. The van der Waals surface area contributed by atoms with Gasteiger partial charge in [-0.1, -0.05) is 11.4 Å². The van der Waals surface area contributed by atoms with Gasteiger partial charge in [0.05, 0.1) is 12.8 Å². The number of hydrogen-bond donors (Lipinski definition) is 1. The normalized spacial score (nSPS) is 11.1. The molecule has 0 aliphatic heterocycles. The van der Waals surface area contributed by atoms with Crippen molar-refractivity contribution in [3.8, 4) is 0 Å². The first-order valence-corrected chi connectivity index (χ1v) is 5.88. The largest absolute Gasteiger partial charge is 0.468 e. The molecule has 0 aliphatic carbocycles. The Morgan fingerprint density at radius 2 is 2.38 bits per heavy atom. The lowest BCUT2D eigenvalue weighted by atomic mass is 10.3. The third-order valence-electron chi connectivity index (χ3n) is 2.37. The predicted molar refractivity (Wildman–Crippen MR) is 62.8 cm³/mol. The fourth-order valence-corrected chi connectivity index (χ4v) is 1.88. The molecule has 0 amide bonds. The molecule has 2 heterocycles. The zero-order valence-electron chi connectivity index (χ0n) is 9.09. The Bertz CT molecular complexity index is 426. The first-order valence-electron chi connectivity index (χ1n) is 5.11.